The molecule has 0 atom stereocenters. The van der Waals surface area contributed by atoms with E-state index < -0.39 is 18.5 Å². The van der Waals surface area contributed by atoms with Gasteiger partial charge in [-0.15, -0.1) is 5.46 Å². The summed E-state index contributed by atoms with van der Waals surface area (Å²) >= 11 is 1.88. The molecule has 4 rings (SSSR count). The SMILES string of the molecule is Cc1c(I)cc([B-](F)(F)F)cc1CNC(=O)OCC1c2ccccc2-c2ccccc21. The fourth-order valence-electron chi connectivity index (χ4n) is 3.95. The number of fused-ring (bicyclic) bond motifs is 3. The number of ether oxygens (including phenoxy) is 1. The lowest BCUT2D eigenvalue weighted by Gasteiger charge is -2.19. The zero-order valence-electron chi connectivity index (χ0n) is 16.7. The topological polar surface area (TPSA) is 38.3 Å². The molecule has 3 aromatic rings. The van der Waals surface area contributed by atoms with Gasteiger partial charge in [-0.3, -0.25) is 0 Å². The highest BCUT2D eigenvalue weighted by molar-refractivity contribution is 14.1. The number of carbonyl (C=O) groups is 1. The number of carbonyl (C=O) groups excluding carboxylic acids is 1. The van der Waals surface area contributed by atoms with E-state index in [1.54, 1.807) is 6.92 Å². The quantitative estimate of drug-likeness (QED) is 0.336. The van der Waals surface area contributed by atoms with Crippen LogP contribution < -0.4 is 10.8 Å². The Labute approximate surface area is 192 Å². The average Bonchev–Trinajstić information content (AvgIpc) is 3.06. The maximum Gasteiger partial charge on any atom is 0.509 e. The highest BCUT2D eigenvalue weighted by atomic mass is 127. The number of benzene rings is 3. The Morgan fingerprint density at radius 2 is 1.61 bits per heavy atom. The minimum atomic E-state index is -5.11. The second-order valence-corrected chi connectivity index (χ2v) is 8.70. The maximum absolute atomic E-state index is 13.2. The fraction of sp³-hybridized carbons (Fsp3) is 0.174. The van der Waals surface area contributed by atoms with Crippen molar-refractivity contribution in [2.75, 3.05) is 6.61 Å². The predicted molar refractivity (Wildman–Crippen MR) is 125 cm³/mol. The van der Waals surface area contributed by atoms with E-state index in [2.05, 4.69) is 5.32 Å². The van der Waals surface area contributed by atoms with Gasteiger partial charge in [0.05, 0.1) is 0 Å². The van der Waals surface area contributed by atoms with Crippen LogP contribution in [0.5, 0.6) is 0 Å². The molecule has 160 valence electrons. The molecule has 0 saturated carbocycles. The van der Waals surface area contributed by atoms with Crippen LogP contribution in [0.25, 0.3) is 11.1 Å². The van der Waals surface area contributed by atoms with Crippen molar-refractivity contribution in [1.29, 1.82) is 0 Å². The number of halogens is 4. The van der Waals surface area contributed by atoms with Crippen LogP contribution in [0.4, 0.5) is 17.7 Å². The molecule has 3 aromatic carbocycles. The van der Waals surface area contributed by atoms with E-state index in [-0.39, 0.29) is 19.1 Å². The van der Waals surface area contributed by atoms with Gasteiger partial charge in [0, 0.05) is 16.0 Å². The lowest BCUT2D eigenvalue weighted by molar-refractivity contribution is 0.142. The second-order valence-electron chi connectivity index (χ2n) is 7.54. The highest BCUT2D eigenvalue weighted by Crippen LogP contribution is 2.44. The Hall–Kier alpha value is -2.49. The van der Waals surface area contributed by atoms with Crippen molar-refractivity contribution >= 4 is 41.1 Å². The summed E-state index contributed by atoms with van der Waals surface area (Å²) in [5.74, 6) is -0.0721. The Balaban J connectivity index is 1.44. The Morgan fingerprint density at radius 3 is 2.19 bits per heavy atom. The number of amides is 1. The van der Waals surface area contributed by atoms with Gasteiger partial charge in [0.15, 0.2) is 0 Å². The highest BCUT2D eigenvalue weighted by Gasteiger charge is 2.29. The normalized spacial score (nSPS) is 12.9. The summed E-state index contributed by atoms with van der Waals surface area (Å²) in [5, 5.41) is 2.59. The van der Waals surface area contributed by atoms with Crippen LogP contribution in [-0.4, -0.2) is 19.7 Å². The summed E-state index contributed by atoms with van der Waals surface area (Å²) in [6.07, 6.45) is -0.654. The van der Waals surface area contributed by atoms with E-state index in [9.17, 15) is 17.7 Å². The van der Waals surface area contributed by atoms with E-state index in [0.29, 0.717) is 14.7 Å². The molecule has 1 amide bonds. The molecule has 3 nitrogen and oxygen atoms in total. The van der Waals surface area contributed by atoms with Gasteiger partial charge in [0.25, 0.3) is 0 Å². The number of alkyl carbamates (subject to hydrolysis) is 1. The van der Waals surface area contributed by atoms with E-state index in [1.807, 2.05) is 71.1 Å². The molecule has 8 heteroatoms. The molecule has 1 aliphatic carbocycles. The van der Waals surface area contributed by atoms with E-state index >= 15 is 0 Å². The Kier molecular flexibility index (Phi) is 6.01. The zero-order valence-corrected chi connectivity index (χ0v) is 18.8. The van der Waals surface area contributed by atoms with Crippen LogP contribution in [0.3, 0.4) is 0 Å². The van der Waals surface area contributed by atoms with Crippen molar-refractivity contribution in [3.8, 4) is 11.1 Å². The second kappa shape index (κ2) is 8.57. The van der Waals surface area contributed by atoms with Crippen LogP contribution in [-0.2, 0) is 11.3 Å². The van der Waals surface area contributed by atoms with Gasteiger partial charge >= 0.3 is 13.1 Å². The number of nitrogens with one attached hydrogen (secondary N) is 1. The van der Waals surface area contributed by atoms with Crippen molar-refractivity contribution in [2.45, 2.75) is 19.4 Å². The van der Waals surface area contributed by atoms with Gasteiger partial charge in [0.2, 0.25) is 0 Å². The Bertz CT molecular complexity index is 1100. The monoisotopic (exact) mass is 536 g/mol. The molecule has 0 heterocycles. The minimum Gasteiger partial charge on any atom is -0.449 e. The van der Waals surface area contributed by atoms with Gasteiger partial charge in [-0.1, -0.05) is 60.7 Å². The fourth-order valence-corrected chi connectivity index (χ4v) is 4.65. The summed E-state index contributed by atoms with van der Waals surface area (Å²) in [6, 6.07) is 18.2. The maximum atomic E-state index is 13.2. The first-order chi connectivity index (χ1) is 14.8. The summed E-state index contributed by atoms with van der Waals surface area (Å²) in [5.41, 5.74) is 4.92. The lowest BCUT2D eigenvalue weighted by atomic mass is 9.79. The van der Waals surface area contributed by atoms with Crippen LogP contribution in [0.15, 0.2) is 60.7 Å². The first kappa shape index (κ1) is 21.7. The molecule has 0 fully saturated rings. The third kappa shape index (κ3) is 4.44. The van der Waals surface area contributed by atoms with Crippen LogP contribution >= 0.6 is 22.6 Å². The predicted octanol–water partition coefficient (Wildman–Crippen LogP) is 5.69. The van der Waals surface area contributed by atoms with Gasteiger partial charge < -0.3 is 23.0 Å². The molecule has 0 radical (unpaired) electrons. The molecule has 31 heavy (non-hydrogen) atoms. The van der Waals surface area contributed by atoms with Crippen molar-refractivity contribution in [1.82, 2.24) is 5.32 Å². The van der Waals surface area contributed by atoms with E-state index in [1.165, 1.54) is 0 Å². The summed E-state index contributed by atoms with van der Waals surface area (Å²) in [4.78, 5) is 12.3. The standard InChI is InChI=1S/C23H19BF3INO2/c1-14-15(10-16(11-22(14)28)24(25,26)27)12-29-23(30)31-13-21-19-8-4-2-6-17(19)18-7-3-5-9-20(18)21/h2-11,21H,12-13H2,1H3,(H,29,30)/q-1. The number of hydrogen-bond donors (Lipinski definition) is 1. The molecule has 0 aromatic heterocycles. The van der Waals surface area contributed by atoms with Gasteiger partial charge in [-0.25, -0.2) is 4.79 Å². The summed E-state index contributed by atoms with van der Waals surface area (Å²) < 4.78 is 45.5. The smallest absolute Gasteiger partial charge is 0.449 e. The molecule has 0 saturated heterocycles. The molecular weight excluding hydrogens is 517 g/mol. The molecule has 0 bridgehead atoms. The summed E-state index contributed by atoms with van der Waals surface area (Å²) in [7, 11) is 0. The van der Waals surface area contributed by atoms with E-state index in [0.717, 1.165) is 34.4 Å². The molecule has 0 unspecified atom stereocenters. The molecule has 0 spiro atoms. The van der Waals surface area contributed by atoms with Gasteiger partial charge in [0.1, 0.15) is 6.61 Å². The van der Waals surface area contributed by atoms with Crippen molar-refractivity contribution < 1.29 is 22.5 Å². The van der Waals surface area contributed by atoms with Crippen LogP contribution in [0, 0.1) is 10.5 Å². The van der Waals surface area contributed by atoms with Crippen LogP contribution in [0.1, 0.15) is 28.2 Å². The Morgan fingerprint density at radius 1 is 1.03 bits per heavy atom. The van der Waals surface area contributed by atoms with Gasteiger partial charge in [-0.05, 0) is 62.9 Å². The lowest BCUT2D eigenvalue weighted by Crippen LogP contribution is -2.35. The van der Waals surface area contributed by atoms with Crippen LogP contribution in [0.2, 0.25) is 0 Å². The molecular formula is C23H19BF3INO2-. The van der Waals surface area contributed by atoms with E-state index in [4.69, 9.17) is 4.74 Å². The van der Waals surface area contributed by atoms with Crippen molar-refractivity contribution in [3.05, 3.63) is 86.5 Å². The first-order valence-corrected chi connectivity index (χ1v) is 10.9. The van der Waals surface area contributed by atoms with Crippen molar-refractivity contribution in [3.63, 3.8) is 0 Å². The third-order valence-corrected chi connectivity index (χ3v) is 6.74. The third-order valence-electron chi connectivity index (χ3n) is 5.62. The van der Waals surface area contributed by atoms with Gasteiger partial charge in [-0.2, -0.15) is 0 Å². The first-order valence-electron chi connectivity index (χ1n) is 9.83. The molecule has 1 N–H and O–H groups in total. The largest absolute Gasteiger partial charge is 0.509 e. The molecule has 1 aliphatic rings. The molecule has 0 aliphatic heterocycles. The minimum absolute atomic E-state index is 0.0293. The summed E-state index contributed by atoms with van der Waals surface area (Å²) in [6.45, 7) is -3.24. The number of hydrogen-bond acceptors (Lipinski definition) is 2. The average molecular weight is 536 g/mol. The van der Waals surface area contributed by atoms with Crippen molar-refractivity contribution in [2.24, 2.45) is 0 Å². The zero-order chi connectivity index (χ0) is 22.2. The number of rotatable bonds is 5.